The Balaban J connectivity index is 1.27. The van der Waals surface area contributed by atoms with E-state index in [0.717, 1.165) is 21.4 Å². The first-order chi connectivity index (χ1) is 21.0. The summed E-state index contributed by atoms with van der Waals surface area (Å²) in [5, 5.41) is 12.6. The number of benzene rings is 3. The van der Waals surface area contributed by atoms with Crippen molar-refractivity contribution < 1.29 is 22.8 Å². The highest BCUT2D eigenvalue weighted by Gasteiger charge is 2.42. The Bertz CT molecular complexity index is 1860. The van der Waals surface area contributed by atoms with Gasteiger partial charge in [-0.25, -0.2) is 8.42 Å². The van der Waals surface area contributed by atoms with Gasteiger partial charge in [0.15, 0.2) is 0 Å². The summed E-state index contributed by atoms with van der Waals surface area (Å²) < 4.78 is 33.0. The summed E-state index contributed by atoms with van der Waals surface area (Å²) in [4.78, 5) is 39.1. The molecule has 11 nitrogen and oxygen atoms in total. The van der Waals surface area contributed by atoms with Crippen molar-refractivity contribution in [1.82, 2.24) is 14.9 Å². The molecule has 1 aliphatic heterocycles. The second kappa shape index (κ2) is 12.7. The molecule has 0 radical (unpaired) electrons. The highest BCUT2D eigenvalue weighted by Crippen LogP contribution is 2.38. The van der Waals surface area contributed by atoms with Gasteiger partial charge in [0.05, 0.1) is 28.4 Å². The summed E-state index contributed by atoms with van der Waals surface area (Å²) in [5.41, 5.74) is 3.67. The Morgan fingerprint density at radius 2 is 1.77 bits per heavy atom. The van der Waals surface area contributed by atoms with Gasteiger partial charge < -0.3 is 16.0 Å². The summed E-state index contributed by atoms with van der Waals surface area (Å²) >= 11 is 7.25. The highest BCUT2D eigenvalue weighted by molar-refractivity contribution is 7.93. The number of nitrogens with one attached hydrogen (secondary N) is 3. The van der Waals surface area contributed by atoms with Crippen molar-refractivity contribution in [1.29, 1.82) is 0 Å². The van der Waals surface area contributed by atoms with Crippen LogP contribution in [-0.2, 0) is 26.0 Å². The van der Waals surface area contributed by atoms with Crippen LogP contribution in [0.1, 0.15) is 38.5 Å². The number of aromatic nitrogens is 2. The quantitative estimate of drug-likeness (QED) is 0.238. The van der Waals surface area contributed by atoms with Gasteiger partial charge in [0, 0.05) is 17.3 Å². The average molecular weight is 653 g/mol. The number of halogens is 1. The molecule has 5 rings (SSSR count). The molecule has 0 saturated carbocycles. The van der Waals surface area contributed by atoms with Crippen molar-refractivity contribution in [2.45, 2.75) is 44.6 Å². The van der Waals surface area contributed by atoms with Crippen molar-refractivity contribution in [2.75, 3.05) is 21.5 Å². The minimum absolute atomic E-state index is 0.00723. The number of fused-ring (bicyclic) bond motifs is 1. The number of carbonyl (C=O) groups excluding carboxylic acids is 3. The summed E-state index contributed by atoms with van der Waals surface area (Å²) in [6.07, 6.45) is 0.0879. The standard InChI is InChI=1S/C30H29ClN6O5S2/c1-17-15-26(18(2)14-22(17)31)44(41,42)37-24-7-5-4-6-23(24)34-29(39)25(37)16-27(38)32-13-12-20-8-10-21(11-9-20)33-30(40)28-19(3)35-36-43-28/h4-11,14-15,25H,12-13,16H2,1-3H3,(H,32,38)(H,33,40)(H,34,39)/t25-/m1/s1. The molecule has 3 N–H and O–H groups in total. The third-order valence-corrected chi connectivity index (χ3v) is 10.4. The maximum atomic E-state index is 14.1. The van der Waals surface area contributed by atoms with Gasteiger partial charge in [-0.15, -0.1) is 5.10 Å². The summed E-state index contributed by atoms with van der Waals surface area (Å²) in [6.45, 7) is 5.31. The van der Waals surface area contributed by atoms with Crippen molar-refractivity contribution in [3.63, 3.8) is 0 Å². The normalized spacial score (nSPS) is 14.5. The van der Waals surface area contributed by atoms with E-state index in [-0.39, 0.29) is 29.5 Å². The zero-order valence-corrected chi connectivity index (χ0v) is 26.4. The monoisotopic (exact) mass is 652 g/mol. The number of sulfonamides is 1. The second-order valence-electron chi connectivity index (χ2n) is 10.3. The lowest BCUT2D eigenvalue weighted by molar-refractivity contribution is -0.125. The number of carbonyl (C=O) groups is 3. The zero-order chi connectivity index (χ0) is 31.6. The lowest BCUT2D eigenvalue weighted by Crippen LogP contribution is -2.53. The minimum atomic E-state index is -4.27. The Labute approximate surface area is 263 Å². The predicted molar refractivity (Wildman–Crippen MR) is 170 cm³/mol. The molecular formula is C30H29ClN6O5S2. The molecule has 0 aliphatic carbocycles. The van der Waals surface area contributed by atoms with Crippen LogP contribution < -0.4 is 20.3 Å². The third kappa shape index (κ3) is 6.44. The zero-order valence-electron chi connectivity index (χ0n) is 24.0. The summed E-state index contributed by atoms with van der Waals surface area (Å²) in [6, 6.07) is 15.5. The molecule has 2 heterocycles. The average Bonchev–Trinajstić information content (AvgIpc) is 3.42. The maximum absolute atomic E-state index is 14.1. The summed E-state index contributed by atoms with van der Waals surface area (Å²) in [5.74, 6) is -1.37. The first kappa shape index (κ1) is 31.1. The number of anilines is 3. The van der Waals surface area contributed by atoms with Crippen LogP contribution in [0.15, 0.2) is 65.6 Å². The fourth-order valence-corrected chi connectivity index (χ4v) is 7.55. The van der Waals surface area contributed by atoms with Gasteiger partial charge in [-0.2, -0.15) is 0 Å². The molecule has 0 saturated heterocycles. The molecule has 3 amide bonds. The van der Waals surface area contributed by atoms with Crippen LogP contribution in [-0.4, -0.2) is 48.3 Å². The number of hydrogen-bond donors (Lipinski definition) is 3. The minimum Gasteiger partial charge on any atom is -0.356 e. The first-order valence-corrected chi connectivity index (χ1v) is 16.2. The van der Waals surface area contributed by atoms with Crippen LogP contribution in [0.4, 0.5) is 17.1 Å². The smallest absolute Gasteiger partial charge is 0.269 e. The van der Waals surface area contributed by atoms with Gasteiger partial charge in [-0.1, -0.05) is 40.4 Å². The van der Waals surface area contributed by atoms with E-state index in [1.54, 1.807) is 63.2 Å². The highest BCUT2D eigenvalue weighted by atomic mass is 35.5. The van der Waals surface area contributed by atoms with E-state index in [0.29, 0.717) is 44.5 Å². The molecule has 3 aromatic carbocycles. The van der Waals surface area contributed by atoms with Gasteiger partial charge >= 0.3 is 0 Å². The van der Waals surface area contributed by atoms with E-state index in [1.807, 2.05) is 12.1 Å². The van der Waals surface area contributed by atoms with Crippen LogP contribution in [0.25, 0.3) is 0 Å². The topological polar surface area (TPSA) is 150 Å². The number of nitrogens with zero attached hydrogens (tertiary/aromatic N) is 3. The molecule has 0 spiro atoms. The fraction of sp³-hybridized carbons (Fsp3) is 0.233. The van der Waals surface area contributed by atoms with Crippen LogP contribution in [0, 0.1) is 20.8 Å². The molecule has 1 aliphatic rings. The number of para-hydroxylation sites is 2. The molecule has 14 heteroatoms. The van der Waals surface area contributed by atoms with Gasteiger partial charge in [0.1, 0.15) is 10.9 Å². The number of amides is 3. The van der Waals surface area contributed by atoms with E-state index >= 15 is 0 Å². The van der Waals surface area contributed by atoms with Crippen LogP contribution in [0.3, 0.4) is 0 Å². The molecule has 0 bridgehead atoms. The Morgan fingerprint density at radius 1 is 1.05 bits per heavy atom. The van der Waals surface area contributed by atoms with Gasteiger partial charge in [0.2, 0.25) is 11.8 Å². The predicted octanol–water partition coefficient (Wildman–Crippen LogP) is 4.63. The molecule has 0 fully saturated rings. The van der Waals surface area contributed by atoms with Crippen molar-refractivity contribution >= 4 is 67.9 Å². The Morgan fingerprint density at radius 3 is 2.48 bits per heavy atom. The van der Waals surface area contributed by atoms with Crippen LogP contribution >= 0.6 is 23.1 Å². The second-order valence-corrected chi connectivity index (χ2v) is 13.3. The molecule has 0 unspecified atom stereocenters. The van der Waals surface area contributed by atoms with Crippen LogP contribution in [0.2, 0.25) is 5.02 Å². The summed E-state index contributed by atoms with van der Waals surface area (Å²) in [7, 11) is -4.27. The molecule has 228 valence electrons. The van der Waals surface area contributed by atoms with Gasteiger partial charge in [-0.05, 0) is 91.8 Å². The SMILES string of the molecule is Cc1cc(S(=O)(=O)N2c3ccccc3NC(=O)[C@H]2CC(=O)NCCc2ccc(NC(=O)c3snnc3C)cc2)c(C)cc1Cl. The molecule has 1 aromatic heterocycles. The maximum Gasteiger partial charge on any atom is 0.269 e. The number of aryl methyl sites for hydroxylation is 3. The van der Waals surface area contributed by atoms with Crippen molar-refractivity contribution in [3.8, 4) is 0 Å². The van der Waals surface area contributed by atoms with E-state index in [9.17, 15) is 22.8 Å². The Kier molecular flexibility index (Phi) is 9.00. The van der Waals surface area contributed by atoms with E-state index in [2.05, 4.69) is 25.5 Å². The largest absolute Gasteiger partial charge is 0.356 e. The van der Waals surface area contributed by atoms with E-state index in [1.165, 1.54) is 6.07 Å². The number of rotatable bonds is 9. The first-order valence-electron chi connectivity index (χ1n) is 13.6. The van der Waals surface area contributed by atoms with Crippen molar-refractivity contribution in [3.05, 3.63) is 92.9 Å². The fourth-order valence-electron chi connectivity index (χ4n) is 4.85. The number of hydrogen-bond acceptors (Lipinski definition) is 8. The molecule has 44 heavy (non-hydrogen) atoms. The van der Waals surface area contributed by atoms with Crippen LogP contribution in [0.5, 0.6) is 0 Å². The van der Waals surface area contributed by atoms with Crippen molar-refractivity contribution in [2.24, 2.45) is 0 Å². The Hall–Kier alpha value is -4.33. The lowest BCUT2D eigenvalue weighted by Gasteiger charge is -2.37. The molecular weight excluding hydrogens is 624 g/mol. The van der Waals surface area contributed by atoms with Gasteiger partial charge in [-0.3, -0.25) is 18.7 Å². The van der Waals surface area contributed by atoms with E-state index < -0.39 is 27.9 Å². The third-order valence-electron chi connectivity index (χ3n) is 7.16. The van der Waals surface area contributed by atoms with Gasteiger partial charge in [0.25, 0.3) is 15.9 Å². The molecule has 4 aromatic rings. The molecule has 1 atom stereocenters. The van der Waals surface area contributed by atoms with E-state index in [4.69, 9.17) is 11.6 Å². The lowest BCUT2D eigenvalue weighted by atomic mass is 10.1.